The highest BCUT2D eigenvalue weighted by atomic mass is 35.5. The summed E-state index contributed by atoms with van der Waals surface area (Å²) in [7, 11) is -3.95. The Balaban J connectivity index is 2.49. The summed E-state index contributed by atoms with van der Waals surface area (Å²) >= 11 is 17.7. The van der Waals surface area contributed by atoms with Gasteiger partial charge in [0.15, 0.2) is 5.15 Å². The van der Waals surface area contributed by atoms with Crippen molar-refractivity contribution < 1.29 is 8.42 Å². The number of hydrogen-bond acceptors (Lipinski definition) is 3. The molecule has 0 aliphatic heterocycles. The van der Waals surface area contributed by atoms with Crippen molar-refractivity contribution in [2.75, 3.05) is 4.72 Å². The first-order valence-electron chi connectivity index (χ1n) is 5.40. The summed E-state index contributed by atoms with van der Waals surface area (Å²) in [6.07, 6.45) is 1.53. The molecule has 0 unspecified atom stereocenters. The van der Waals surface area contributed by atoms with E-state index < -0.39 is 10.0 Å². The Hall–Kier alpha value is -1.01. The molecule has 106 valence electrons. The van der Waals surface area contributed by atoms with E-state index in [-0.39, 0.29) is 25.8 Å². The van der Waals surface area contributed by atoms with Gasteiger partial charge < -0.3 is 0 Å². The molecule has 0 spiro atoms. The molecular formula is C12H9Cl3N2O2S. The first-order chi connectivity index (χ1) is 9.31. The SMILES string of the molecule is Cc1cnc(Cl)c(NS(=O)(=O)c2c(Cl)cccc2Cl)c1. The van der Waals surface area contributed by atoms with Crippen molar-refractivity contribution in [3.8, 4) is 0 Å². The molecule has 1 heterocycles. The van der Waals surface area contributed by atoms with Gasteiger partial charge >= 0.3 is 0 Å². The van der Waals surface area contributed by atoms with Crippen LogP contribution in [0.25, 0.3) is 0 Å². The van der Waals surface area contributed by atoms with Crippen molar-refractivity contribution in [1.82, 2.24) is 4.98 Å². The summed E-state index contributed by atoms with van der Waals surface area (Å²) in [6, 6.07) is 6.01. The van der Waals surface area contributed by atoms with Gasteiger partial charge in [0.2, 0.25) is 0 Å². The van der Waals surface area contributed by atoms with Gasteiger partial charge in [0.05, 0.1) is 15.7 Å². The molecule has 20 heavy (non-hydrogen) atoms. The Labute approximate surface area is 131 Å². The van der Waals surface area contributed by atoms with E-state index in [2.05, 4.69) is 9.71 Å². The predicted molar refractivity (Wildman–Crippen MR) is 81.3 cm³/mol. The molecule has 2 aromatic rings. The van der Waals surface area contributed by atoms with Crippen LogP contribution in [0.2, 0.25) is 15.2 Å². The number of hydrogen-bond donors (Lipinski definition) is 1. The summed E-state index contributed by atoms with van der Waals surface area (Å²) < 4.78 is 27.0. The number of nitrogens with zero attached hydrogens (tertiary/aromatic N) is 1. The second-order valence-electron chi connectivity index (χ2n) is 4.01. The van der Waals surface area contributed by atoms with Gasteiger partial charge in [0.25, 0.3) is 10.0 Å². The smallest absolute Gasteiger partial charge is 0.264 e. The zero-order chi connectivity index (χ0) is 14.9. The molecule has 4 nitrogen and oxygen atoms in total. The van der Waals surface area contributed by atoms with Crippen LogP contribution in [0.5, 0.6) is 0 Å². The molecule has 0 aliphatic carbocycles. The van der Waals surface area contributed by atoms with Crippen molar-refractivity contribution in [3.63, 3.8) is 0 Å². The Morgan fingerprint density at radius 3 is 2.35 bits per heavy atom. The van der Waals surface area contributed by atoms with Gasteiger partial charge in [0, 0.05) is 6.20 Å². The summed E-state index contributed by atoms with van der Waals surface area (Å²) in [5.41, 5.74) is 0.931. The Kier molecular flexibility index (Phi) is 4.44. The fourth-order valence-electron chi connectivity index (χ4n) is 1.56. The number of rotatable bonds is 3. The summed E-state index contributed by atoms with van der Waals surface area (Å²) in [5, 5.41) is 0.103. The lowest BCUT2D eigenvalue weighted by Crippen LogP contribution is -2.14. The lowest BCUT2D eigenvalue weighted by molar-refractivity contribution is 0.601. The molecule has 1 aromatic carbocycles. The molecule has 1 aromatic heterocycles. The average Bonchev–Trinajstić information content (AvgIpc) is 2.33. The molecule has 0 bridgehead atoms. The molecule has 2 rings (SSSR count). The third kappa shape index (κ3) is 3.17. The quantitative estimate of drug-likeness (QED) is 0.845. The van der Waals surface area contributed by atoms with Crippen molar-refractivity contribution in [1.29, 1.82) is 0 Å². The molecule has 0 atom stereocenters. The van der Waals surface area contributed by atoms with Crippen LogP contribution in [0.3, 0.4) is 0 Å². The van der Waals surface area contributed by atoms with Crippen LogP contribution in [0, 0.1) is 6.92 Å². The number of aromatic nitrogens is 1. The van der Waals surface area contributed by atoms with Crippen molar-refractivity contribution in [2.45, 2.75) is 11.8 Å². The maximum absolute atomic E-state index is 12.3. The van der Waals surface area contributed by atoms with E-state index in [9.17, 15) is 8.42 Å². The maximum atomic E-state index is 12.3. The summed E-state index contributed by atoms with van der Waals surface area (Å²) in [6.45, 7) is 1.77. The van der Waals surface area contributed by atoms with E-state index in [0.717, 1.165) is 5.56 Å². The van der Waals surface area contributed by atoms with Gasteiger partial charge in [-0.25, -0.2) is 13.4 Å². The van der Waals surface area contributed by atoms with E-state index in [4.69, 9.17) is 34.8 Å². The van der Waals surface area contributed by atoms with Gasteiger partial charge in [0.1, 0.15) is 4.90 Å². The van der Waals surface area contributed by atoms with Gasteiger partial charge in [-0.1, -0.05) is 40.9 Å². The van der Waals surface area contributed by atoms with Crippen molar-refractivity contribution in [2.24, 2.45) is 0 Å². The zero-order valence-corrected chi connectivity index (χ0v) is 13.3. The van der Waals surface area contributed by atoms with E-state index in [0.29, 0.717) is 0 Å². The van der Waals surface area contributed by atoms with Crippen LogP contribution in [-0.2, 0) is 10.0 Å². The number of nitrogens with one attached hydrogen (secondary N) is 1. The minimum Gasteiger partial charge on any atom is -0.276 e. The third-order valence-electron chi connectivity index (χ3n) is 2.41. The van der Waals surface area contributed by atoms with Crippen molar-refractivity contribution >= 4 is 50.5 Å². The molecular weight excluding hydrogens is 343 g/mol. The lowest BCUT2D eigenvalue weighted by atomic mass is 10.3. The highest BCUT2D eigenvalue weighted by Gasteiger charge is 2.22. The number of halogens is 3. The van der Waals surface area contributed by atoms with E-state index in [1.165, 1.54) is 18.3 Å². The minimum absolute atomic E-state index is 0.0294. The fourth-order valence-corrected chi connectivity index (χ4v) is 3.97. The molecule has 1 N–H and O–H groups in total. The molecule has 0 saturated carbocycles. The van der Waals surface area contributed by atoms with E-state index in [1.54, 1.807) is 19.1 Å². The Bertz CT molecular complexity index is 743. The Morgan fingerprint density at radius 1 is 1.15 bits per heavy atom. The van der Waals surface area contributed by atoms with Crippen LogP contribution in [0.1, 0.15) is 5.56 Å². The van der Waals surface area contributed by atoms with Crippen LogP contribution in [0.15, 0.2) is 35.4 Å². The minimum atomic E-state index is -3.95. The summed E-state index contributed by atoms with van der Waals surface area (Å²) in [4.78, 5) is 3.68. The molecule has 0 fully saturated rings. The first-order valence-corrected chi connectivity index (χ1v) is 8.02. The van der Waals surface area contributed by atoms with Crippen LogP contribution in [-0.4, -0.2) is 13.4 Å². The largest absolute Gasteiger partial charge is 0.276 e. The van der Waals surface area contributed by atoms with Gasteiger partial charge in [-0.05, 0) is 30.7 Å². The normalized spacial score (nSPS) is 11.4. The number of anilines is 1. The molecule has 0 aliphatic rings. The monoisotopic (exact) mass is 350 g/mol. The summed E-state index contributed by atoms with van der Waals surface area (Å²) in [5.74, 6) is 0. The highest BCUT2D eigenvalue weighted by Crippen LogP contribution is 2.31. The zero-order valence-electron chi connectivity index (χ0n) is 10.2. The molecule has 0 saturated heterocycles. The van der Waals surface area contributed by atoms with Crippen LogP contribution < -0.4 is 4.72 Å². The fraction of sp³-hybridized carbons (Fsp3) is 0.0833. The van der Waals surface area contributed by atoms with E-state index in [1.807, 2.05) is 0 Å². The second-order valence-corrected chi connectivity index (χ2v) is 6.80. The van der Waals surface area contributed by atoms with E-state index >= 15 is 0 Å². The molecule has 8 heteroatoms. The average molecular weight is 352 g/mol. The van der Waals surface area contributed by atoms with Gasteiger partial charge in [-0.2, -0.15) is 0 Å². The second kappa shape index (κ2) is 5.77. The molecule has 0 amide bonds. The maximum Gasteiger partial charge on any atom is 0.264 e. The lowest BCUT2D eigenvalue weighted by Gasteiger charge is -2.12. The third-order valence-corrected chi connectivity index (χ3v) is 5.03. The standard InChI is InChI=1S/C12H9Cl3N2O2S/c1-7-5-10(12(15)16-6-7)17-20(18,19)11-8(13)3-2-4-9(11)14/h2-6,17H,1H3. The highest BCUT2D eigenvalue weighted by molar-refractivity contribution is 7.93. The number of pyridine rings is 1. The number of sulfonamides is 1. The van der Waals surface area contributed by atoms with Crippen molar-refractivity contribution in [3.05, 3.63) is 51.2 Å². The van der Waals surface area contributed by atoms with Crippen LogP contribution in [0.4, 0.5) is 5.69 Å². The van der Waals surface area contributed by atoms with Crippen LogP contribution >= 0.6 is 34.8 Å². The number of aryl methyl sites for hydroxylation is 1. The molecule has 0 radical (unpaired) electrons. The topological polar surface area (TPSA) is 59.1 Å². The van der Waals surface area contributed by atoms with Gasteiger partial charge in [-0.15, -0.1) is 0 Å². The van der Waals surface area contributed by atoms with Gasteiger partial charge in [-0.3, -0.25) is 4.72 Å². The number of benzene rings is 1. The predicted octanol–water partition coefficient (Wildman–Crippen LogP) is 4.15. The first kappa shape index (κ1) is 15.4. The Morgan fingerprint density at radius 2 is 1.75 bits per heavy atom.